The van der Waals surface area contributed by atoms with Gasteiger partial charge in [-0.25, -0.2) is 0 Å². The molecule has 0 aromatic heterocycles. The lowest BCUT2D eigenvalue weighted by Gasteiger charge is -2.29. The third-order valence-electron chi connectivity index (χ3n) is 2.40. The second-order valence-corrected chi connectivity index (χ2v) is 8.81. The molecule has 0 N–H and O–H groups in total. The van der Waals surface area contributed by atoms with Gasteiger partial charge in [0.2, 0.25) is 0 Å². The summed E-state index contributed by atoms with van der Waals surface area (Å²) in [6, 6.07) is 0. The van der Waals surface area contributed by atoms with Gasteiger partial charge in [0.15, 0.2) is 0 Å². The summed E-state index contributed by atoms with van der Waals surface area (Å²) in [4.78, 5) is -0.0705. The molecular formula is C13H25O3PS. The summed E-state index contributed by atoms with van der Waals surface area (Å²) in [7, 11) is -3.04. The maximum absolute atomic E-state index is 13.0. The zero-order valence-corrected chi connectivity index (χ0v) is 13.5. The van der Waals surface area contributed by atoms with Crippen LogP contribution in [-0.2, 0) is 13.6 Å². The fraction of sp³-hybridized carbons (Fsp3) is 0.846. The number of thioether (sulfide) groups is 1. The average molecular weight is 292 g/mol. The summed E-state index contributed by atoms with van der Waals surface area (Å²) in [5, 5.41) is 0. The predicted octanol–water partition coefficient (Wildman–Crippen LogP) is 4.83. The van der Waals surface area contributed by atoms with Crippen LogP contribution in [0.4, 0.5) is 0 Å². The normalized spacial score (nSPS) is 24.0. The average Bonchev–Trinajstić information content (AvgIpc) is 2.12. The number of allylic oxidation sites excluding steroid dienone is 2. The van der Waals surface area contributed by atoms with Crippen LogP contribution in [0, 0.1) is 0 Å². The molecule has 0 saturated heterocycles. The third kappa shape index (κ3) is 5.48. The molecule has 0 aromatic carbocycles. The molecule has 0 aromatic rings. The van der Waals surface area contributed by atoms with Crippen molar-refractivity contribution < 1.29 is 13.6 Å². The van der Waals surface area contributed by atoms with Crippen LogP contribution in [0.15, 0.2) is 12.2 Å². The first-order chi connectivity index (χ1) is 8.44. The van der Waals surface area contributed by atoms with Gasteiger partial charge in [-0.3, -0.25) is 4.57 Å². The largest absolute Gasteiger partial charge is 0.344 e. The Morgan fingerprint density at radius 1 is 1.17 bits per heavy atom. The van der Waals surface area contributed by atoms with Gasteiger partial charge in [0, 0.05) is 0 Å². The predicted molar refractivity (Wildman–Crippen MR) is 79.3 cm³/mol. The van der Waals surface area contributed by atoms with Gasteiger partial charge in [0.25, 0.3) is 0 Å². The maximum atomic E-state index is 13.0. The topological polar surface area (TPSA) is 35.5 Å². The molecule has 0 radical (unpaired) electrons. The highest BCUT2D eigenvalue weighted by atomic mass is 32.2. The van der Waals surface area contributed by atoms with Crippen molar-refractivity contribution in [2.75, 3.05) is 5.75 Å². The van der Waals surface area contributed by atoms with Crippen LogP contribution in [-0.4, -0.2) is 23.0 Å². The van der Waals surface area contributed by atoms with E-state index in [1.165, 1.54) is 0 Å². The first-order valence-electron chi connectivity index (χ1n) is 6.67. The van der Waals surface area contributed by atoms with Gasteiger partial charge in [-0.2, -0.15) is 0 Å². The van der Waals surface area contributed by atoms with E-state index in [2.05, 4.69) is 12.2 Å². The van der Waals surface area contributed by atoms with Crippen LogP contribution in [0.25, 0.3) is 0 Å². The number of hydrogen-bond acceptors (Lipinski definition) is 4. The highest BCUT2D eigenvalue weighted by Gasteiger charge is 2.37. The van der Waals surface area contributed by atoms with Gasteiger partial charge in [-0.15, -0.1) is 11.8 Å². The molecule has 1 heterocycles. The summed E-state index contributed by atoms with van der Waals surface area (Å²) >= 11 is 1.72. The van der Waals surface area contributed by atoms with Gasteiger partial charge >= 0.3 is 7.60 Å². The van der Waals surface area contributed by atoms with Gasteiger partial charge in [0.1, 0.15) is 4.99 Å². The van der Waals surface area contributed by atoms with Crippen LogP contribution < -0.4 is 0 Å². The van der Waals surface area contributed by atoms with E-state index >= 15 is 0 Å². The molecule has 1 rings (SSSR count). The molecule has 1 aliphatic rings. The van der Waals surface area contributed by atoms with Crippen LogP contribution in [0.3, 0.4) is 0 Å². The first-order valence-corrected chi connectivity index (χ1v) is 9.33. The molecule has 0 saturated carbocycles. The van der Waals surface area contributed by atoms with Crippen molar-refractivity contribution in [3.05, 3.63) is 12.2 Å². The van der Waals surface area contributed by atoms with Crippen LogP contribution >= 0.6 is 19.4 Å². The highest BCUT2D eigenvalue weighted by Crippen LogP contribution is 2.60. The molecule has 18 heavy (non-hydrogen) atoms. The molecule has 0 amide bonds. The lowest BCUT2D eigenvalue weighted by Crippen LogP contribution is -2.16. The smallest absolute Gasteiger partial charge is 0.305 e. The number of rotatable bonds is 5. The molecule has 0 spiro atoms. The molecular weight excluding hydrogens is 267 g/mol. The van der Waals surface area contributed by atoms with E-state index < -0.39 is 7.60 Å². The van der Waals surface area contributed by atoms with Gasteiger partial charge in [-0.1, -0.05) is 12.2 Å². The van der Waals surface area contributed by atoms with Crippen molar-refractivity contribution in [1.29, 1.82) is 0 Å². The first kappa shape index (κ1) is 16.3. The summed E-state index contributed by atoms with van der Waals surface area (Å²) in [6.45, 7) is 7.61. The lowest BCUT2D eigenvalue weighted by atomic mass is 10.3. The van der Waals surface area contributed by atoms with Gasteiger partial charge in [0.05, 0.1) is 12.2 Å². The Morgan fingerprint density at radius 2 is 1.78 bits per heavy atom. The number of hydrogen-bond donors (Lipinski definition) is 0. The molecule has 1 unspecified atom stereocenters. The van der Waals surface area contributed by atoms with E-state index in [-0.39, 0.29) is 17.2 Å². The Morgan fingerprint density at radius 3 is 2.33 bits per heavy atom. The quantitative estimate of drug-likeness (QED) is 0.537. The van der Waals surface area contributed by atoms with Crippen molar-refractivity contribution in [2.45, 2.75) is 64.2 Å². The Labute approximate surface area is 115 Å². The minimum atomic E-state index is -3.04. The highest BCUT2D eigenvalue weighted by molar-refractivity contribution is 8.05. The molecule has 106 valence electrons. The zero-order valence-electron chi connectivity index (χ0n) is 11.8. The van der Waals surface area contributed by atoms with Crippen molar-refractivity contribution in [3.63, 3.8) is 0 Å². The fourth-order valence-electron chi connectivity index (χ4n) is 1.79. The van der Waals surface area contributed by atoms with E-state index in [0.29, 0.717) is 0 Å². The minimum absolute atomic E-state index is 0.0705. The van der Waals surface area contributed by atoms with Crippen LogP contribution in [0.1, 0.15) is 47.0 Å². The van der Waals surface area contributed by atoms with Crippen molar-refractivity contribution >= 4 is 19.4 Å². The van der Waals surface area contributed by atoms with Gasteiger partial charge in [-0.05, 0) is 52.7 Å². The van der Waals surface area contributed by atoms with E-state index in [1.54, 1.807) is 11.8 Å². The Bertz CT molecular complexity index is 301. The summed E-state index contributed by atoms with van der Waals surface area (Å²) < 4.78 is 24.3. The van der Waals surface area contributed by atoms with Gasteiger partial charge < -0.3 is 9.05 Å². The van der Waals surface area contributed by atoms with Crippen LogP contribution in [0.5, 0.6) is 0 Å². The van der Waals surface area contributed by atoms with E-state index in [9.17, 15) is 4.57 Å². The van der Waals surface area contributed by atoms with Crippen LogP contribution in [0.2, 0.25) is 0 Å². The Balaban J connectivity index is 2.82. The summed E-state index contributed by atoms with van der Waals surface area (Å²) in [5.74, 6) is 1.02. The molecule has 1 atom stereocenters. The molecule has 0 bridgehead atoms. The lowest BCUT2D eigenvalue weighted by molar-refractivity contribution is 0.141. The van der Waals surface area contributed by atoms with E-state index in [0.717, 1.165) is 25.0 Å². The Hall–Kier alpha value is 0.240. The summed E-state index contributed by atoms with van der Waals surface area (Å²) in [5.41, 5.74) is 0. The van der Waals surface area contributed by atoms with Crippen molar-refractivity contribution in [3.8, 4) is 0 Å². The summed E-state index contributed by atoms with van der Waals surface area (Å²) in [6.07, 6.45) is 7.12. The van der Waals surface area contributed by atoms with E-state index in [1.807, 2.05) is 27.7 Å². The molecule has 5 heteroatoms. The zero-order chi connectivity index (χ0) is 13.6. The van der Waals surface area contributed by atoms with Crippen molar-refractivity contribution in [1.82, 2.24) is 0 Å². The standard InChI is InChI=1S/C13H25O3PS/c1-11(2)15-17(14,16-12(3)4)13-9-7-5-6-8-10-18-13/h5,7,11-13H,6,8-10H2,1-4H3/b7-5-. The van der Waals surface area contributed by atoms with E-state index in [4.69, 9.17) is 9.05 Å². The molecule has 0 aliphatic carbocycles. The Kier molecular flexibility index (Phi) is 7.01. The minimum Gasteiger partial charge on any atom is -0.305 e. The monoisotopic (exact) mass is 292 g/mol. The molecule has 3 nitrogen and oxygen atoms in total. The molecule has 0 fully saturated rings. The fourth-order valence-corrected chi connectivity index (χ4v) is 5.86. The van der Waals surface area contributed by atoms with Crippen molar-refractivity contribution in [2.24, 2.45) is 0 Å². The SMILES string of the molecule is CC(C)OP(=O)(OC(C)C)C1C/C=C\CCCS1. The third-order valence-corrected chi connectivity index (χ3v) is 7.07. The maximum Gasteiger partial charge on any atom is 0.344 e. The second kappa shape index (κ2) is 7.74. The second-order valence-electron chi connectivity index (χ2n) is 5.02. The molecule has 1 aliphatic heterocycles.